The van der Waals surface area contributed by atoms with E-state index >= 15 is 0 Å². The summed E-state index contributed by atoms with van der Waals surface area (Å²) in [7, 11) is 3.11. The summed E-state index contributed by atoms with van der Waals surface area (Å²) >= 11 is 0. The number of amides is 1. The van der Waals surface area contributed by atoms with Crippen molar-refractivity contribution in [3.05, 3.63) is 59.4 Å². The van der Waals surface area contributed by atoms with Gasteiger partial charge >= 0.3 is 0 Å². The summed E-state index contributed by atoms with van der Waals surface area (Å²) in [6.07, 6.45) is 2.99. The Kier molecular flexibility index (Phi) is 6.78. The molecule has 2 aromatic rings. The second-order valence-electron chi connectivity index (χ2n) is 5.79. The molecule has 2 rings (SSSR count). The molecule has 1 aromatic carbocycles. The van der Waals surface area contributed by atoms with Crippen molar-refractivity contribution >= 4 is 11.7 Å². The molecule has 7 nitrogen and oxygen atoms in total. The van der Waals surface area contributed by atoms with Crippen LogP contribution in [0.4, 0.5) is 5.82 Å². The van der Waals surface area contributed by atoms with Crippen molar-refractivity contribution < 1.29 is 14.3 Å². The van der Waals surface area contributed by atoms with Gasteiger partial charge in [-0.3, -0.25) is 4.79 Å². The number of methoxy groups -OCH3 is 2. The Morgan fingerprint density at radius 2 is 2.00 bits per heavy atom. The number of benzene rings is 1. The number of nitrogens with one attached hydrogen (secondary N) is 2. The molecule has 1 amide bonds. The number of anilines is 1. The van der Waals surface area contributed by atoms with Gasteiger partial charge in [0.15, 0.2) is 11.5 Å². The number of nitriles is 1. The lowest BCUT2D eigenvalue weighted by Crippen LogP contribution is -2.28. The number of aromatic nitrogens is 1. The predicted octanol–water partition coefficient (Wildman–Crippen LogP) is 3.10. The van der Waals surface area contributed by atoms with Gasteiger partial charge in [-0.15, -0.1) is 0 Å². The molecule has 0 saturated carbocycles. The highest BCUT2D eigenvalue weighted by Crippen LogP contribution is 2.29. The minimum Gasteiger partial charge on any atom is -0.493 e. The van der Waals surface area contributed by atoms with E-state index in [1.807, 2.05) is 38.1 Å². The Hall–Kier alpha value is -3.53. The van der Waals surface area contributed by atoms with Gasteiger partial charge < -0.3 is 20.1 Å². The highest BCUT2D eigenvalue weighted by Gasteiger charge is 2.15. The van der Waals surface area contributed by atoms with Crippen LogP contribution in [0.3, 0.4) is 0 Å². The summed E-state index contributed by atoms with van der Waals surface area (Å²) in [4.78, 5) is 16.6. The molecule has 1 unspecified atom stereocenters. The lowest BCUT2D eigenvalue weighted by molar-refractivity contribution is -0.117. The van der Waals surface area contributed by atoms with Crippen molar-refractivity contribution in [2.75, 3.05) is 19.5 Å². The van der Waals surface area contributed by atoms with Crippen LogP contribution < -0.4 is 20.1 Å². The minimum absolute atomic E-state index is 0.0487. The van der Waals surface area contributed by atoms with Gasteiger partial charge in [0.25, 0.3) is 5.91 Å². The van der Waals surface area contributed by atoms with Gasteiger partial charge in [-0.25, -0.2) is 4.98 Å². The van der Waals surface area contributed by atoms with Gasteiger partial charge in [0.1, 0.15) is 17.5 Å². The molecule has 0 spiro atoms. The predicted molar refractivity (Wildman–Crippen MR) is 102 cm³/mol. The van der Waals surface area contributed by atoms with Crippen LogP contribution in [0.15, 0.2) is 48.3 Å². The third-order valence-corrected chi connectivity index (χ3v) is 3.98. The molecule has 0 aliphatic rings. The Bertz CT molecular complexity index is 887. The van der Waals surface area contributed by atoms with Gasteiger partial charge in [-0.1, -0.05) is 12.1 Å². The number of aryl methyl sites for hydroxylation is 1. The molecule has 0 radical (unpaired) electrons. The second-order valence-corrected chi connectivity index (χ2v) is 5.79. The van der Waals surface area contributed by atoms with Crippen LogP contribution in [0.25, 0.3) is 0 Å². The van der Waals surface area contributed by atoms with Crippen molar-refractivity contribution in [2.45, 2.75) is 19.9 Å². The molecule has 1 heterocycles. The first-order valence-electron chi connectivity index (χ1n) is 8.31. The smallest absolute Gasteiger partial charge is 0.263 e. The number of nitrogens with zero attached hydrogens (tertiary/aromatic N) is 2. The molecular formula is C20H22N4O3. The summed E-state index contributed by atoms with van der Waals surface area (Å²) in [5.41, 5.74) is 1.68. The number of hydrogen-bond donors (Lipinski definition) is 2. The first kappa shape index (κ1) is 19.8. The summed E-state index contributed by atoms with van der Waals surface area (Å²) in [5, 5.41) is 15.0. The maximum absolute atomic E-state index is 12.4. The molecule has 0 fully saturated rings. The molecule has 7 heteroatoms. The van der Waals surface area contributed by atoms with Crippen molar-refractivity contribution in [3.8, 4) is 17.6 Å². The van der Waals surface area contributed by atoms with Crippen molar-refractivity contribution in [2.24, 2.45) is 0 Å². The van der Waals surface area contributed by atoms with Crippen LogP contribution in [0, 0.1) is 18.3 Å². The molecule has 140 valence electrons. The topological polar surface area (TPSA) is 96.3 Å². The standard InChI is InChI=1S/C20H22N4O3/c1-13-6-5-9-22-19(13)23-12-16(11-21)20(25)24-14(2)15-7-8-17(26-3)18(10-15)27-4/h5-10,12,14H,1-4H3,(H,22,23)(H,24,25)/b16-12-. The summed E-state index contributed by atoms with van der Waals surface area (Å²) in [5.74, 6) is 1.28. The van der Waals surface area contributed by atoms with Crippen LogP contribution in [-0.4, -0.2) is 25.1 Å². The third-order valence-electron chi connectivity index (χ3n) is 3.98. The van der Waals surface area contributed by atoms with E-state index in [0.717, 1.165) is 11.1 Å². The van der Waals surface area contributed by atoms with E-state index in [4.69, 9.17) is 9.47 Å². The average Bonchev–Trinajstić information content (AvgIpc) is 2.69. The summed E-state index contributed by atoms with van der Waals surface area (Å²) in [6, 6.07) is 10.7. The van der Waals surface area contributed by atoms with Crippen molar-refractivity contribution in [3.63, 3.8) is 0 Å². The monoisotopic (exact) mass is 366 g/mol. The van der Waals surface area contributed by atoms with E-state index in [0.29, 0.717) is 17.3 Å². The minimum atomic E-state index is -0.485. The van der Waals surface area contributed by atoms with Crippen LogP contribution in [0.1, 0.15) is 24.1 Å². The molecule has 2 N–H and O–H groups in total. The van der Waals surface area contributed by atoms with Gasteiger partial charge in [0, 0.05) is 12.4 Å². The normalized spacial score (nSPS) is 11.9. The molecule has 0 saturated heterocycles. The van der Waals surface area contributed by atoms with Crippen LogP contribution in [0.2, 0.25) is 0 Å². The number of carbonyl (C=O) groups excluding carboxylic acids is 1. The molecule has 27 heavy (non-hydrogen) atoms. The summed E-state index contributed by atoms with van der Waals surface area (Å²) in [6.45, 7) is 3.71. The number of carbonyl (C=O) groups is 1. The van der Waals surface area contributed by atoms with Crippen molar-refractivity contribution in [1.82, 2.24) is 10.3 Å². The van der Waals surface area contributed by atoms with Crippen molar-refractivity contribution in [1.29, 1.82) is 5.26 Å². The highest BCUT2D eigenvalue weighted by atomic mass is 16.5. The van der Waals surface area contributed by atoms with Gasteiger partial charge in [0.2, 0.25) is 0 Å². The SMILES string of the molecule is COc1ccc(C(C)NC(=O)/C(C#N)=C\Nc2ncccc2C)cc1OC. The largest absolute Gasteiger partial charge is 0.493 e. The second kappa shape index (κ2) is 9.25. The fourth-order valence-corrected chi connectivity index (χ4v) is 2.41. The maximum atomic E-state index is 12.4. The first-order valence-corrected chi connectivity index (χ1v) is 8.31. The van der Waals surface area contributed by atoms with E-state index in [1.165, 1.54) is 6.20 Å². The third kappa shape index (κ3) is 4.98. The van der Waals surface area contributed by atoms with Crippen LogP contribution >= 0.6 is 0 Å². The lowest BCUT2D eigenvalue weighted by atomic mass is 10.1. The molecule has 1 aromatic heterocycles. The molecule has 0 bridgehead atoms. The van der Waals surface area contributed by atoms with Gasteiger partial charge in [-0.05, 0) is 43.2 Å². The number of pyridine rings is 1. The Morgan fingerprint density at radius 3 is 2.63 bits per heavy atom. The quantitative estimate of drug-likeness (QED) is 0.577. The fraction of sp³-hybridized carbons (Fsp3) is 0.250. The van der Waals surface area contributed by atoms with E-state index in [1.54, 1.807) is 32.5 Å². The average molecular weight is 366 g/mol. The zero-order chi connectivity index (χ0) is 19.8. The van der Waals surface area contributed by atoms with Crippen LogP contribution in [0.5, 0.6) is 11.5 Å². The maximum Gasteiger partial charge on any atom is 0.263 e. The number of rotatable bonds is 7. The van der Waals surface area contributed by atoms with Gasteiger partial charge in [-0.2, -0.15) is 5.26 Å². The number of ether oxygens (including phenoxy) is 2. The van der Waals surface area contributed by atoms with E-state index in [9.17, 15) is 10.1 Å². The first-order chi connectivity index (χ1) is 13.0. The van der Waals surface area contributed by atoms with Gasteiger partial charge in [0.05, 0.1) is 20.3 Å². The van der Waals surface area contributed by atoms with E-state index in [-0.39, 0.29) is 11.6 Å². The molecule has 1 atom stereocenters. The Morgan fingerprint density at radius 1 is 1.26 bits per heavy atom. The summed E-state index contributed by atoms with van der Waals surface area (Å²) < 4.78 is 10.5. The number of hydrogen-bond acceptors (Lipinski definition) is 6. The molecular weight excluding hydrogens is 344 g/mol. The zero-order valence-electron chi connectivity index (χ0n) is 15.7. The lowest BCUT2D eigenvalue weighted by Gasteiger charge is -2.16. The molecule has 0 aliphatic heterocycles. The zero-order valence-corrected chi connectivity index (χ0v) is 15.7. The molecule has 0 aliphatic carbocycles. The Balaban J connectivity index is 2.11. The van der Waals surface area contributed by atoms with E-state index in [2.05, 4.69) is 15.6 Å². The van der Waals surface area contributed by atoms with E-state index < -0.39 is 5.91 Å². The van der Waals surface area contributed by atoms with Crippen LogP contribution in [-0.2, 0) is 4.79 Å². The fourth-order valence-electron chi connectivity index (χ4n) is 2.41. The Labute approximate surface area is 158 Å². The highest BCUT2D eigenvalue weighted by molar-refractivity contribution is 5.97.